The first-order valence-electron chi connectivity index (χ1n) is 7.60. The maximum absolute atomic E-state index is 12.3. The Labute approximate surface area is 144 Å². The molecule has 23 heavy (non-hydrogen) atoms. The molecule has 0 saturated heterocycles. The van der Waals surface area contributed by atoms with Gasteiger partial charge in [0.25, 0.3) is 0 Å². The van der Waals surface area contributed by atoms with Crippen LogP contribution in [0.5, 0.6) is 0 Å². The Balaban J connectivity index is 1.82. The minimum absolute atomic E-state index is 0.0165. The van der Waals surface area contributed by atoms with Crippen LogP contribution in [0.15, 0.2) is 17.0 Å². The topological polar surface area (TPSA) is 75.2 Å². The van der Waals surface area contributed by atoms with E-state index in [0.717, 1.165) is 35.8 Å². The van der Waals surface area contributed by atoms with E-state index >= 15 is 0 Å². The molecule has 6 nitrogen and oxygen atoms in total. The van der Waals surface area contributed by atoms with Crippen LogP contribution in [0.4, 0.5) is 5.13 Å². The average molecular weight is 355 g/mol. The number of nitrogens with zero attached hydrogens (tertiary/aromatic N) is 3. The molecule has 1 N–H and O–H groups in total. The van der Waals surface area contributed by atoms with Gasteiger partial charge in [0.1, 0.15) is 0 Å². The van der Waals surface area contributed by atoms with E-state index in [9.17, 15) is 9.59 Å². The summed E-state index contributed by atoms with van der Waals surface area (Å²) in [6.07, 6.45) is 4.83. The Morgan fingerprint density at radius 2 is 1.96 bits per heavy atom. The third kappa shape index (κ3) is 5.04. The van der Waals surface area contributed by atoms with Gasteiger partial charge in [-0.25, -0.2) is 0 Å². The SMILES string of the molecule is C=CCSc1nnc(NC(=O)C2CCC(C(=O)N(C)C)CC2)s1. The van der Waals surface area contributed by atoms with Crippen molar-refractivity contribution in [2.45, 2.75) is 30.0 Å². The Kier molecular flexibility index (Phi) is 6.59. The highest BCUT2D eigenvalue weighted by Crippen LogP contribution is 2.31. The van der Waals surface area contributed by atoms with Gasteiger partial charge >= 0.3 is 0 Å². The molecule has 0 atom stereocenters. The zero-order valence-electron chi connectivity index (χ0n) is 13.4. The zero-order valence-corrected chi connectivity index (χ0v) is 15.1. The summed E-state index contributed by atoms with van der Waals surface area (Å²) in [6.45, 7) is 3.66. The summed E-state index contributed by atoms with van der Waals surface area (Å²) in [7, 11) is 3.55. The summed E-state index contributed by atoms with van der Waals surface area (Å²) in [4.78, 5) is 25.9. The molecule has 1 aliphatic rings. The van der Waals surface area contributed by atoms with Gasteiger partial charge < -0.3 is 10.2 Å². The molecule has 0 aliphatic heterocycles. The minimum Gasteiger partial charge on any atom is -0.349 e. The van der Waals surface area contributed by atoms with E-state index in [-0.39, 0.29) is 23.7 Å². The number of hydrogen-bond donors (Lipinski definition) is 1. The van der Waals surface area contributed by atoms with Gasteiger partial charge in [0, 0.05) is 31.7 Å². The average Bonchev–Trinajstić information content (AvgIpc) is 2.99. The van der Waals surface area contributed by atoms with Gasteiger partial charge in [-0.3, -0.25) is 9.59 Å². The van der Waals surface area contributed by atoms with Crippen LogP contribution in [0.25, 0.3) is 0 Å². The van der Waals surface area contributed by atoms with Crippen LogP contribution in [-0.4, -0.2) is 46.8 Å². The van der Waals surface area contributed by atoms with Gasteiger partial charge in [0.2, 0.25) is 16.9 Å². The maximum atomic E-state index is 12.3. The molecule has 1 fully saturated rings. The standard InChI is InChI=1S/C15H22N4O2S2/c1-4-9-22-15-18-17-14(23-15)16-12(20)10-5-7-11(8-6-10)13(21)19(2)3/h4,10-11H,1,5-9H2,2-3H3,(H,16,17,20). The lowest BCUT2D eigenvalue weighted by atomic mass is 9.81. The van der Waals surface area contributed by atoms with Crippen LogP contribution in [0.2, 0.25) is 0 Å². The Morgan fingerprint density at radius 3 is 2.57 bits per heavy atom. The Morgan fingerprint density at radius 1 is 1.30 bits per heavy atom. The van der Waals surface area contributed by atoms with Crippen LogP contribution in [0, 0.1) is 11.8 Å². The summed E-state index contributed by atoms with van der Waals surface area (Å²) in [5, 5.41) is 11.4. The smallest absolute Gasteiger partial charge is 0.229 e. The molecule has 1 heterocycles. The molecule has 126 valence electrons. The molecule has 0 bridgehead atoms. The molecule has 1 aromatic heterocycles. The zero-order chi connectivity index (χ0) is 16.8. The summed E-state index contributed by atoms with van der Waals surface area (Å²) in [5.41, 5.74) is 0. The number of aromatic nitrogens is 2. The van der Waals surface area contributed by atoms with Crippen molar-refractivity contribution >= 4 is 40.0 Å². The van der Waals surface area contributed by atoms with Crippen LogP contribution < -0.4 is 5.32 Å². The van der Waals surface area contributed by atoms with Crippen molar-refractivity contribution in [2.75, 3.05) is 25.2 Å². The first-order valence-corrected chi connectivity index (χ1v) is 9.40. The Bertz CT molecular complexity index is 566. The monoisotopic (exact) mass is 354 g/mol. The molecule has 0 aromatic carbocycles. The second-order valence-corrected chi connectivity index (χ2v) is 7.99. The molecular weight excluding hydrogens is 332 g/mol. The second-order valence-electron chi connectivity index (χ2n) is 5.74. The van der Waals surface area contributed by atoms with E-state index in [1.165, 1.54) is 11.3 Å². The van der Waals surface area contributed by atoms with Gasteiger partial charge in [-0.1, -0.05) is 29.2 Å². The van der Waals surface area contributed by atoms with E-state index in [4.69, 9.17) is 0 Å². The van der Waals surface area contributed by atoms with E-state index in [1.54, 1.807) is 36.8 Å². The highest BCUT2D eigenvalue weighted by atomic mass is 32.2. The van der Waals surface area contributed by atoms with Crippen molar-refractivity contribution in [3.8, 4) is 0 Å². The van der Waals surface area contributed by atoms with Gasteiger partial charge in [-0.15, -0.1) is 16.8 Å². The second kappa shape index (κ2) is 8.44. The Hall–Kier alpha value is -1.41. The van der Waals surface area contributed by atoms with Crippen LogP contribution in [0.3, 0.4) is 0 Å². The van der Waals surface area contributed by atoms with E-state index in [2.05, 4.69) is 22.1 Å². The van der Waals surface area contributed by atoms with Gasteiger partial charge in [0.15, 0.2) is 4.34 Å². The third-order valence-electron chi connectivity index (χ3n) is 3.85. The summed E-state index contributed by atoms with van der Waals surface area (Å²) >= 11 is 2.92. The molecule has 0 unspecified atom stereocenters. The highest BCUT2D eigenvalue weighted by Gasteiger charge is 2.30. The predicted molar refractivity (Wildman–Crippen MR) is 93.6 cm³/mol. The molecule has 1 saturated carbocycles. The van der Waals surface area contributed by atoms with Crippen LogP contribution in [0.1, 0.15) is 25.7 Å². The largest absolute Gasteiger partial charge is 0.349 e. The fraction of sp³-hybridized carbons (Fsp3) is 0.600. The van der Waals surface area contributed by atoms with Crippen LogP contribution in [-0.2, 0) is 9.59 Å². The van der Waals surface area contributed by atoms with Crippen molar-refractivity contribution in [2.24, 2.45) is 11.8 Å². The third-order valence-corrected chi connectivity index (χ3v) is 5.82. The lowest BCUT2D eigenvalue weighted by Crippen LogP contribution is -2.34. The van der Waals surface area contributed by atoms with E-state index < -0.39 is 0 Å². The molecule has 2 amide bonds. The molecule has 1 aliphatic carbocycles. The molecule has 8 heteroatoms. The van der Waals surface area contributed by atoms with Gasteiger partial charge in [-0.05, 0) is 25.7 Å². The molecular formula is C15H22N4O2S2. The van der Waals surface area contributed by atoms with E-state index in [0.29, 0.717) is 5.13 Å². The number of hydrogen-bond acceptors (Lipinski definition) is 6. The quantitative estimate of drug-likeness (QED) is 0.483. The fourth-order valence-electron chi connectivity index (χ4n) is 2.62. The number of thioether (sulfide) groups is 1. The first-order chi connectivity index (χ1) is 11.0. The molecule has 0 spiro atoms. The molecule has 2 rings (SSSR count). The molecule has 1 aromatic rings. The number of anilines is 1. The van der Waals surface area contributed by atoms with Crippen molar-refractivity contribution in [1.29, 1.82) is 0 Å². The minimum atomic E-state index is -0.0469. The first kappa shape index (κ1) is 17.9. The fourth-order valence-corrected chi connectivity index (χ4v) is 4.14. The number of nitrogens with one attached hydrogen (secondary N) is 1. The summed E-state index contributed by atoms with van der Waals surface area (Å²) < 4.78 is 0.820. The van der Waals surface area contributed by atoms with Gasteiger partial charge in [-0.2, -0.15) is 0 Å². The summed E-state index contributed by atoms with van der Waals surface area (Å²) in [6, 6.07) is 0. The van der Waals surface area contributed by atoms with Crippen molar-refractivity contribution in [3.63, 3.8) is 0 Å². The number of amides is 2. The van der Waals surface area contributed by atoms with Crippen molar-refractivity contribution < 1.29 is 9.59 Å². The van der Waals surface area contributed by atoms with E-state index in [1.807, 2.05) is 0 Å². The van der Waals surface area contributed by atoms with Crippen LogP contribution >= 0.6 is 23.1 Å². The van der Waals surface area contributed by atoms with Crippen molar-refractivity contribution in [1.82, 2.24) is 15.1 Å². The number of rotatable bonds is 6. The van der Waals surface area contributed by atoms with Crippen molar-refractivity contribution in [3.05, 3.63) is 12.7 Å². The maximum Gasteiger partial charge on any atom is 0.229 e. The number of carbonyl (C=O) groups excluding carboxylic acids is 2. The lowest BCUT2D eigenvalue weighted by molar-refractivity contribution is -0.135. The number of carbonyl (C=O) groups is 2. The predicted octanol–water partition coefficient (Wildman–Crippen LogP) is 2.65. The molecule has 0 radical (unpaired) electrons. The normalized spacial score (nSPS) is 20.8. The highest BCUT2D eigenvalue weighted by molar-refractivity contribution is 8.01. The lowest BCUT2D eigenvalue weighted by Gasteiger charge is -2.28. The van der Waals surface area contributed by atoms with Gasteiger partial charge in [0.05, 0.1) is 0 Å². The summed E-state index contributed by atoms with van der Waals surface area (Å²) in [5.74, 6) is 0.924.